The molecule has 0 atom stereocenters. The van der Waals surface area contributed by atoms with Crippen LogP contribution >= 0.6 is 0 Å². The summed E-state index contributed by atoms with van der Waals surface area (Å²) < 4.78 is 15.8. The molecule has 0 aliphatic rings. The minimum Gasteiger partial charge on any atom is -0.497 e. The molecule has 0 spiro atoms. The fourth-order valence-corrected chi connectivity index (χ4v) is 2.11. The molecule has 0 saturated heterocycles. The highest BCUT2D eigenvalue weighted by Gasteiger charge is 2.05. The predicted molar refractivity (Wildman–Crippen MR) is 94.8 cm³/mol. The van der Waals surface area contributed by atoms with Crippen molar-refractivity contribution in [3.05, 3.63) is 72.0 Å². The van der Waals surface area contributed by atoms with E-state index in [9.17, 15) is 4.79 Å². The lowest BCUT2D eigenvalue weighted by Crippen LogP contribution is -1.95. The summed E-state index contributed by atoms with van der Waals surface area (Å²) in [7, 11) is 3.17. The molecule has 0 aliphatic carbocycles. The van der Waals surface area contributed by atoms with E-state index in [1.807, 2.05) is 12.1 Å². The highest BCUT2D eigenvalue weighted by atomic mass is 16.5. The van der Waals surface area contributed by atoms with Crippen LogP contribution in [0.1, 0.15) is 22.8 Å². The van der Waals surface area contributed by atoms with E-state index in [1.165, 1.54) is 6.08 Å². The van der Waals surface area contributed by atoms with Crippen molar-refractivity contribution in [1.82, 2.24) is 0 Å². The van der Waals surface area contributed by atoms with Crippen molar-refractivity contribution in [1.29, 1.82) is 0 Å². The Morgan fingerprint density at radius 1 is 1.00 bits per heavy atom. The maximum absolute atomic E-state index is 12.3. The second kappa shape index (κ2) is 8.02. The number of methoxy groups -OCH3 is 2. The van der Waals surface area contributed by atoms with Gasteiger partial charge in [0, 0.05) is 17.2 Å². The Hall–Kier alpha value is -3.01. The van der Waals surface area contributed by atoms with Crippen LogP contribution in [-0.2, 0) is 0 Å². The lowest BCUT2D eigenvalue weighted by molar-refractivity contribution is 0.104. The van der Waals surface area contributed by atoms with Crippen molar-refractivity contribution in [3.8, 4) is 17.2 Å². The largest absolute Gasteiger partial charge is 0.497 e. The molecule has 0 aliphatic heterocycles. The van der Waals surface area contributed by atoms with Gasteiger partial charge in [-0.2, -0.15) is 0 Å². The minimum absolute atomic E-state index is 0.102. The Kier molecular flexibility index (Phi) is 5.79. The second-order valence-electron chi connectivity index (χ2n) is 5.13. The van der Waals surface area contributed by atoms with Gasteiger partial charge in [0.05, 0.1) is 20.0 Å². The van der Waals surface area contributed by atoms with Gasteiger partial charge in [-0.1, -0.05) is 6.58 Å². The van der Waals surface area contributed by atoms with Gasteiger partial charge in [-0.15, -0.1) is 0 Å². The summed E-state index contributed by atoms with van der Waals surface area (Å²) in [6, 6.07) is 12.3. The minimum atomic E-state index is -0.102. The lowest BCUT2D eigenvalue weighted by atomic mass is 10.1. The molecule has 0 amide bonds. The van der Waals surface area contributed by atoms with Crippen molar-refractivity contribution in [2.75, 3.05) is 14.2 Å². The maximum atomic E-state index is 12.3. The number of hydrogen-bond donors (Lipinski definition) is 0. The number of ether oxygens (including phenoxy) is 3. The van der Waals surface area contributed by atoms with E-state index >= 15 is 0 Å². The average Bonchev–Trinajstić information content (AvgIpc) is 2.59. The number of benzene rings is 2. The Balaban J connectivity index is 2.14. The smallest absolute Gasteiger partial charge is 0.185 e. The number of carbonyl (C=O) groups excluding carboxylic acids is 1. The summed E-state index contributed by atoms with van der Waals surface area (Å²) in [5, 5.41) is 0. The van der Waals surface area contributed by atoms with E-state index in [4.69, 9.17) is 14.2 Å². The number of ketones is 1. The number of rotatable bonds is 7. The predicted octanol–water partition coefficient (Wildman–Crippen LogP) is 4.51. The monoisotopic (exact) mass is 324 g/mol. The summed E-state index contributed by atoms with van der Waals surface area (Å²) in [5.41, 5.74) is 1.38. The molecule has 0 N–H and O–H groups in total. The maximum Gasteiger partial charge on any atom is 0.185 e. The molecular formula is C20H20O4. The molecule has 124 valence electrons. The van der Waals surface area contributed by atoms with Crippen LogP contribution in [0, 0.1) is 0 Å². The molecule has 24 heavy (non-hydrogen) atoms. The van der Waals surface area contributed by atoms with Crippen molar-refractivity contribution in [2.45, 2.75) is 6.92 Å². The molecule has 2 rings (SSSR count). The Bertz CT molecular complexity index is 758. The first-order valence-electron chi connectivity index (χ1n) is 7.41. The topological polar surface area (TPSA) is 44.8 Å². The summed E-state index contributed by atoms with van der Waals surface area (Å²) in [4.78, 5) is 12.3. The molecule has 4 heteroatoms. The Labute approximate surface area is 142 Å². The highest BCUT2D eigenvalue weighted by Crippen LogP contribution is 2.25. The van der Waals surface area contributed by atoms with Crippen LogP contribution in [0.2, 0.25) is 0 Å². The fourth-order valence-electron chi connectivity index (χ4n) is 2.11. The van der Waals surface area contributed by atoms with Crippen molar-refractivity contribution in [2.24, 2.45) is 0 Å². The first-order chi connectivity index (χ1) is 11.5. The van der Waals surface area contributed by atoms with Crippen molar-refractivity contribution < 1.29 is 19.0 Å². The molecule has 4 nitrogen and oxygen atoms in total. The zero-order chi connectivity index (χ0) is 17.5. The Morgan fingerprint density at radius 3 is 2.25 bits per heavy atom. The summed E-state index contributed by atoms with van der Waals surface area (Å²) in [6.07, 6.45) is 3.23. The third kappa shape index (κ3) is 4.49. The normalized spacial score (nSPS) is 10.5. The number of carbonyl (C=O) groups is 1. The molecule has 0 unspecified atom stereocenters. The zero-order valence-corrected chi connectivity index (χ0v) is 14.0. The van der Waals surface area contributed by atoms with Crippen molar-refractivity contribution >= 4 is 11.9 Å². The third-order valence-electron chi connectivity index (χ3n) is 3.29. The molecule has 0 heterocycles. The standard InChI is InChI=1S/C20H20O4/c1-14(2)24-17-9-5-15(6-10-17)19(21)12-8-16-7-11-18(22-3)13-20(16)23-4/h5-13H,1H2,2-4H3. The van der Waals surface area contributed by atoms with Crippen LogP contribution in [0.5, 0.6) is 17.2 Å². The van der Waals surface area contributed by atoms with E-state index in [0.29, 0.717) is 28.6 Å². The third-order valence-corrected chi connectivity index (χ3v) is 3.29. The molecule has 2 aromatic carbocycles. The average molecular weight is 324 g/mol. The lowest BCUT2D eigenvalue weighted by Gasteiger charge is -2.07. The van der Waals surface area contributed by atoms with Gasteiger partial charge in [-0.3, -0.25) is 4.79 Å². The second-order valence-corrected chi connectivity index (χ2v) is 5.13. The van der Waals surface area contributed by atoms with E-state index in [0.717, 1.165) is 5.56 Å². The molecule has 0 radical (unpaired) electrons. The van der Waals surface area contributed by atoms with E-state index < -0.39 is 0 Å². The van der Waals surface area contributed by atoms with Crippen LogP contribution < -0.4 is 14.2 Å². The first-order valence-corrected chi connectivity index (χ1v) is 7.41. The van der Waals surface area contributed by atoms with Gasteiger partial charge < -0.3 is 14.2 Å². The zero-order valence-electron chi connectivity index (χ0n) is 14.0. The van der Waals surface area contributed by atoms with Gasteiger partial charge in [0.25, 0.3) is 0 Å². The Morgan fingerprint density at radius 2 is 1.67 bits per heavy atom. The molecule has 2 aromatic rings. The van der Waals surface area contributed by atoms with Gasteiger partial charge in [-0.05, 0) is 55.5 Å². The summed E-state index contributed by atoms with van der Waals surface area (Å²) in [6.45, 7) is 5.45. The van der Waals surface area contributed by atoms with E-state index in [-0.39, 0.29) is 5.78 Å². The first kappa shape index (κ1) is 17.3. The fraction of sp³-hybridized carbons (Fsp3) is 0.150. The molecule has 0 fully saturated rings. The van der Waals surface area contributed by atoms with Crippen LogP contribution in [0.15, 0.2) is 60.9 Å². The highest BCUT2D eigenvalue weighted by molar-refractivity contribution is 6.07. The molecule has 0 bridgehead atoms. The van der Waals surface area contributed by atoms with Crippen LogP contribution in [0.25, 0.3) is 6.08 Å². The van der Waals surface area contributed by atoms with Gasteiger partial charge in [0.1, 0.15) is 17.2 Å². The van der Waals surface area contributed by atoms with Crippen LogP contribution in [0.4, 0.5) is 0 Å². The SMILES string of the molecule is C=C(C)Oc1ccc(C(=O)C=Cc2ccc(OC)cc2OC)cc1. The summed E-state index contributed by atoms with van der Waals surface area (Å²) in [5.74, 6) is 2.49. The van der Waals surface area contributed by atoms with Crippen molar-refractivity contribution in [3.63, 3.8) is 0 Å². The van der Waals surface area contributed by atoms with Gasteiger partial charge in [0.2, 0.25) is 0 Å². The summed E-state index contributed by atoms with van der Waals surface area (Å²) >= 11 is 0. The van der Waals surface area contributed by atoms with E-state index in [1.54, 1.807) is 57.6 Å². The number of allylic oxidation sites excluding steroid dienone is 2. The molecular weight excluding hydrogens is 304 g/mol. The van der Waals surface area contributed by atoms with Gasteiger partial charge in [-0.25, -0.2) is 0 Å². The van der Waals surface area contributed by atoms with Gasteiger partial charge in [0.15, 0.2) is 5.78 Å². The quantitative estimate of drug-likeness (QED) is 0.427. The molecule has 0 saturated carbocycles. The van der Waals surface area contributed by atoms with Gasteiger partial charge >= 0.3 is 0 Å². The molecule has 0 aromatic heterocycles. The van der Waals surface area contributed by atoms with Crippen LogP contribution in [0.3, 0.4) is 0 Å². The van der Waals surface area contributed by atoms with E-state index in [2.05, 4.69) is 6.58 Å². The number of hydrogen-bond acceptors (Lipinski definition) is 4. The van der Waals surface area contributed by atoms with Crippen LogP contribution in [-0.4, -0.2) is 20.0 Å².